The maximum Gasteiger partial charge on any atom is 0.345 e. The van der Waals surface area contributed by atoms with Crippen molar-refractivity contribution in [1.82, 2.24) is 0 Å². The molecule has 1 fully saturated rings. The van der Waals surface area contributed by atoms with Crippen LogP contribution < -0.4 is 0 Å². The first kappa shape index (κ1) is 22.3. The fourth-order valence-corrected chi connectivity index (χ4v) is 3.93. The third-order valence-electron chi connectivity index (χ3n) is 4.83. The third kappa shape index (κ3) is 4.03. The van der Waals surface area contributed by atoms with Crippen LogP contribution >= 0.6 is 15.9 Å². The van der Waals surface area contributed by atoms with Crippen molar-refractivity contribution in [2.45, 2.75) is 49.9 Å². The highest BCUT2D eigenvalue weighted by molar-refractivity contribution is 9.10. The molecule has 0 amide bonds. The van der Waals surface area contributed by atoms with Gasteiger partial charge in [-0.25, -0.2) is 9.59 Å². The number of hydrogen-bond donors (Lipinski definition) is 2. The molecule has 0 heterocycles. The molecule has 1 aliphatic carbocycles. The normalized spacial score (nSPS) is 29.8. The van der Waals surface area contributed by atoms with Crippen LogP contribution in [0.25, 0.3) is 0 Å². The summed E-state index contributed by atoms with van der Waals surface area (Å²) >= 11 is 3.29. The lowest BCUT2D eigenvalue weighted by atomic mass is 9.64. The maximum atomic E-state index is 12.5. The number of nitro groups is 1. The van der Waals surface area contributed by atoms with Crippen molar-refractivity contribution in [2.24, 2.45) is 0 Å². The molecule has 0 bridgehead atoms. The maximum absolute atomic E-state index is 12.5. The number of rotatable bonds is 6. The fourth-order valence-electron chi connectivity index (χ4n) is 3.66. The van der Waals surface area contributed by atoms with Crippen molar-refractivity contribution in [2.75, 3.05) is 13.2 Å². The second-order valence-corrected chi connectivity index (χ2v) is 7.55. The Kier molecular flexibility index (Phi) is 6.79. The lowest BCUT2D eigenvalue weighted by Gasteiger charge is -2.44. The molecule has 1 aromatic carbocycles. The largest absolute Gasteiger partial charge is 0.464 e. The molecule has 1 saturated carbocycles. The molecule has 9 nitrogen and oxygen atoms in total. The Balaban J connectivity index is 2.60. The molecule has 28 heavy (non-hydrogen) atoms. The van der Waals surface area contributed by atoms with Crippen molar-refractivity contribution in [3.8, 4) is 0 Å². The monoisotopic (exact) mass is 459 g/mol. The van der Waals surface area contributed by atoms with E-state index in [0.717, 1.165) is 4.47 Å². The van der Waals surface area contributed by atoms with Crippen LogP contribution in [0.3, 0.4) is 0 Å². The molecule has 154 valence electrons. The molecule has 2 rings (SSSR count). The first-order chi connectivity index (χ1) is 13.1. The number of halogens is 1. The van der Waals surface area contributed by atoms with Crippen LogP contribution in [-0.4, -0.2) is 57.5 Å². The van der Waals surface area contributed by atoms with Gasteiger partial charge < -0.3 is 19.7 Å². The zero-order chi connectivity index (χ0) is 21.1. The first-order valence-electron chi connectivity index (χ1n) is 8.78. The van der Waals surface area contributed by atoms with Crippen LogP contribution in [0.15, 0.2) is 28.7 Å². The minimum Gasteiger partial charge on any atom is -0.464 e. The van der Waals surface area contributed by atoms with Gasteiger partial charge in [0.1, 0.15) is 0 Å². The van der Waals surface area contributed by atoms with Crippen molar-refractivity contribution in [3.63, 3.8) is 0 Å². The summed E-state index contributed by atoms with van der Waals surface area (Å²) in [6.45, 7) is 2.70. The Bertz CT molecular complexity index is 720. The van der Waals surface area contributed by atoms with Crippen molar-refractivity contribution in [3.05, 3.63) is 44.4 Å². The minimum absolute atomic E-state index is 0.133. The average molecular weight is 460 g/mol. The lowest BCUT2D eigenvalue weighted by molar-refractivity contribution is -0.566. The Labute approximate surface area is 169 Å². The zero-order valence-electron chi connectivity index (χ0n) is 15.5. The first-order valence-corrected chi connectivity index (χ1v) is 9.57. The van der Waals surface area contributed by atoms with Crippen LogP contribution in [0, 0.1) is 10.1 Å². The lowest BCUT2D eigenvalue weighted by Crippen LogP contribution is -2.70. The number of ether oxygens (including phenoxy) is 2. The molecule has 0 saturated heterocycles. The quantitative estimate of drug-likeness (QED) is 0.371. The number of nitrogens with zero attached hydrogens (tertiary/aromatic N) is 1. The standard InChI is InChI=1S/C18H22BrNO8/c1-3-27-15(21)17(23)9-12(11-5-7-13(19)8-6-11)10-18(24,14(17)20(25)26)16(22)28-4-2/h5-8,12,14,23-24H,3-4,9-10H2,1-2H3/t12-,14-,17-,18+. The highest BCUT2D eigenvalue weighted by Crippen LogP contribution is 2.46. The van der Waals surface area contributed by atoms with Gasteiger partial charge in [-0.2, -0.15) is 0 Å². The molecule has 0 radical (unpaired) electrons. The number of hydrogen-bond acceptors (Lipinski definition) is 8. The van der Waals surface area contributed by atoms with Gasteiger partial charge in [0, 0.05) is 22.2 Å². The predicted octanol–water partition coefficient (Wildman–Crippen LogP) is 1.56. The van der Waals surface area contributed by atoms with E-state index in [4.69, 9.17) is 9.47 Å². The molecule has 0 aromatic heterocycles. The van der Waals surface area contributed by atoms with E-state index in [-0.39, 0.29) is 26.1 Å². The van der Waals surface area contributed by atoms with Gasteiger partial charge in [0.15, 0.2) is 0 Å². The minimum atomic E-state index is -2.71. The molecule has 2 N–H and O–H groups in total. The zero-order valence-corrected chi connectivity index (χ0v) is 17.0. The van der Waals surface area contributed by atoms with Gasteiger partial charge in [-0.05, 0) is 37.5 Å². The molecule has 1 aliphatic rings. The number of benzene rings is 1. The van der Waals surface area contributed by atoms with Crippen LogP contribution in [0.1, 0.15) is 38.2 Å². The van der Waals surface area contributed by atoms with E-state index in [2.05, 4.69) is 15.9 Å². The summed E-state index contributed by atoms with van der Waals surface area (Å²) in [6.07, 6.45) is -0.776. The summed E-state index contributed by atoms with van der Waals surface area (Å²) in [7, 11) is 0. The Morgan fingerprint density at radius 1 is 1.11 bits per heavy atom. The molecule has 10 heteroatoms. The van der Waals surface area contributed by atoms with Crippen LogP contribution in [0.4, 0.5) is 0 Å². The summed E-state index contributed by atoms with van der Waals surface area (Å²) < 4.78 is 10.4. The van der Waals surface area contributed by atoms with E-state index in [1.807, 2.05) is 0 Å². The van der Waals surface area contributed by atoms with Crippen molar-refractivity contribution < 1.29 is 34.2 Å². The molecular formula is C18H22BrNO8. The highest BCUT2D eigenvalue weighted by atomic mass is 79.9. The summed E-state index contributed by atoms with van der Waals surface area (Å²) in [5.41, 5.74) is -4.83. The van der Waals surface area contributed by atoms with E-state index in [1.54, 1.807) is 24.3 Å². The Hall–Kier alpha value is -2.04. The number of carbonyl (C=O) groups is 2. The van der Waals surface area contributed by atoms with Crippen LogP contribution in [0.2, 0.25) is 0 Å². The van der Waals surface area contributed by atoms with Gasteiger partial charge in [-0.3, -0.25) is 10.1 Å². The number of carbonyl (C=O) groups excluding carboxylic acids is 2. The van der Waals surface area contributed by atoms with Crippen molar-refractivity contribution in [1.29, 1.82) is 0 Å². The molecule has 0 spiro atoms. The second kappa shape index (κ2) is 8.54. The van der Waals surface area contributed by atoms with Gasteiger partial charge in [-0.1, -0.05) is 28.1 Å². The third-order valence-corrected chi connectivity index (χ3v) is 5.36. The van der Waals surface area contributed by atoms with Gasteiger partial charge in [0.2, 0.25) is 11.2 Å². The van der Waals surface area contributed by atoms with E-state index in [1.165, 1.54) is 13.8 Å². The smallest absolute Gasteiger partial charge is 0.345 e. The summed E-state index contributed by atoms with van der Waals surface area (Å²) in [5, 5.41) is 33.8. The average Bonchev–Trinajstić information content (AvgIpc) is 2.61. The van der Waals surface area contributed by atoms with E-state index < -0.39 is 40.0 Å². The van der Waals surface area contributed by atoms with E-state index in [9.17, 15) is 29.9 Å². The second-order valence-electron chi connectivity index (χ2n) is 6.63. The van der Waals surface area contributed by atoms with Gasteiger partial charge in [-0.15, -0.1) is 0 Å². The number of esters is 2. The Morgan fingerprint density at radius 2 is 1.54 bits per heavy atom. The van der Waals surface area contributed by atoms with Crippen LogP contribution in [0.5, 0.6) is 0 Å². The van der Waals surface area contributed by atoms with Crippen molar-refractivity contribution >= 4 is 27.9 Å². The topological polar surface area (TPSA) is 136 Å². The SMILES string of the molecule is CCOC(=O)[C@]1(O)C[C@H](c2ccc(Br)cc2)C[C@](O)(C(=O)OCC)[C@H]1[N+](=O)[O-]. The van der Waals surface area contributed by atoms with E-state index >= 15 is 0 Å². The highest BCUT2D eigenvalue weighted by Gasteiger charge is 2.71. The van der Waals surface area contributed by atoms with E-state index in [0.29, 0.717) is 5.56 Å². The summed E-state index contributed by atoms with van der Waals surface area (Å²) in [5.74, 6) is -3.25. The Morgan fingerprint density at radius 3 is 1.89 bits per heavy atom. The van der Waals surface area contributed by atoms with Gasteiger partial charge in [0.25, 0.3) is 6.04 Å². The molecular weight excluding hydrogens is 438 g/mol. The predicted molar refractivity (Wildman–Crippen MR) is 100 cm³/mol. The summed E-state index contributed by atoms with van der Waals surface area (Å²) in [4.78, 5) is 35.7. The summed E-state index contributed by atoms with van der Waals surface area (Å²) in [6, 6.07) is 4.45. The van der Waals surface area contributed by atoms with Gasteiger partial charge >= 0.3 is 11.9 Å². The molecule has 0 aliphatic heterocycles. The molecule has 4 atom stereocenters. The fraction of sp³-hybridized carbons (Fsp3) is 0.556. The van der Waals surface area contributed by atoms with Crippen LogP contribution in [-0.2, 0) is 19.1 Å². The molecule has 0 unspecified atom stereocenters. The number of aliphatic hydroxyl groups is 2. The van der Waals surface area contributed by atoms with Gasteiger partial charge in [0.05, 0.1) is 13.2 Å². The molecule has 1 aromatic rings.